The normalized spacial score (nSPS) is 10.8. The molecule has 0 spiro atoms. The average Bonchev–Trinajstić information content (AvgIpc) is 2.26. The molecule has 0 unspecified atom stereocenters. The number of aliphatic imine (C=N–C) groups is 1. The molecule has 1 N–H and O–H groups in total. The molecule has 3 nitrogen and oxygen atoms in total. The van der Waals surface area contributed by atoms with Gasteiger partial charge in [0.25, 0.3) is 0 Å². The zero-order valence-electron chi connectivity index (χ0n) is 8.93. The molecule has 1 aromatic carbocycles. The summed E-state index contributed by atoms with van der Waals surface area (Å²) >= 11 is 1.75. The van der Waals surface area contributed by atoms with Crippen LogP contribution in [0.15, 0.2) is 23.2 Å². The van der Waals surface area contributed by atoms with Crippen molar-refractivity contribution in [3.8, 4) is 11.5 Å². The van der Waals surface area contributed by atoms with Gasteiger partial charge in [-0.2, -0.15) is 11.8 Å². The Bertz CT molecular complexity index is 339. The summed E-state index contributed by atoms with van der Waals surface area (Å²) in [6.45, 7) is 0.762. The van der Waals surface area contributed by atoms with Crippen LogP contribution in [-0.4, -0.2) is 37.0 Å². The van der Waals surface area contributed by atoms with Crippen LogP contribution in [0.1, 0.15) is 5.56 Å². The number of aromatic hydroxyl groups is 1. The number of methoxy groups -OCH3 is 1. The maximum Gasteiger partial charge on any atom is 0.166 e. The van der Waals surface area contributed by atoms with E-state index in [1.807, 2.05) is 12.3 Å². The summed E-state index contributed by atoms with van der Waals surface area (Å²) in [6.07, 6.45) is 3.71. The predicted octanol–water partition coefficient (Wildman–Crippen LogP) is 2.18. The van der Waals surface area contributed by atoms with Crippen molar-refractivity contribution in [1.82, 2.24) is 0 Å². The van der Waals surface area contributed by atoms with Crippen LogP contribution in [0.3, 0.4) is 0 Å². The molecule has 1 rings (SSSR count). The van der Waals surface area contributed by atoms with Gasteiger partial charge in [0.1, 0.15) is 0 Å². The number of nitrogens with zero attached hydrogens (tertiary/aromatic N) is 1. The van der Waals surface area contributed by atoms with Gasteiger partial charge in [0.05, 0.1) is 7.11 Å². The van der Waals surface area contributed by atoms with E-state index in [1.54, 1.807) is 30.1 Å². The lowest BCUT2D eigenvalue weighted by molar-refractivity contribution is 0.373. The lowest BCUT2D eigenvalue weighted by Crippen LogP contribution is -1.90. The van der Waals surface area contributed by atoms with E-state index in [4.69, 9.17) is 4.74 Å². The molecule has 0 saturated heterocycles. The fourth-order valence-electron chi connectivity index (χ4n) is 1.12. The van der Waals surface area contributed by atoms with Crippen LogP contribution in [0.2, 0.25) is 0 Å². The zero-order chi connectivity index (χ0) is 11.1. The van der Waals surface area contributed by atoms with Gasteiger partial charge in [-0.25, -0.2) is 0 Å². The smallest absolute Gasteiger partial charge is 0.166 e. The molecular weight excluding hydrogens is 210 g/mol. The highest BCUT2D eigenvalue weighted by atomic mass is 32.2. The Kier molecular flexibility index (Phi) is 5.04. The third kappa shape index (κ3) is 3.47. The van der Waals surface area contributed by atoms with Crippen molar-refractivity contribution >= 4 is 18.0 Å². The molecule has 4 heteroatoms. The van der Waals surface area contributed by atoms with E-state index in [0.29, 0.717) is 11.3 Å². The van der Waals surface area contributed by atoms with Crippen molar-refractivity contribution in [2.75, 3.05) is 25.7 Å². The summed E-state index contributed by atoms with van der Waals surface area (Å²) in [5, 5.41) is 9.72. The minimum absolute atomic E-state index is 0.146. The predicted molar refractivity (Wildman–Crippen MR) is 65.5 cm³/mol. The maximum atomic E-state index is 9.72. The molecule has 1 aromatic rings. The maximum absolute atomic E-state index is 9.72. The van der Waals surface area contributed by atoms with Gasteiger partial charge in [0, 0.05) is 24.1 Å². The number of benzene rings is 1. The van der Waals surface area contributed by atoms with Crippen LogP contribution in [-0.2, 0) is 0 Å². The van der Waals surface area contributed by atoms with Gasteiger partial charge in [-0.3, -0.25) is 4.99 Å². The Labute approximate surface area is 94.2 Å². The highest BCUT2D eigenvalue weighted by Gasteiger charge is 2.03. The van der Waals surface area contributed by atoms with E-state index >= 15 is 0 Å². The van der Waals surface area contributed by atoms with Crippen LogP contribution < -0.4 is 4.74 Å². The molecular formula is C11H15NO2S. The Morgan fingerprint density at radius 3 is 3.00 bits per heavy atom. The largest absolute Gasteiger partial charge is 0.504 e. The molecule has 0 aliphatic carbocycles. The summed E-state index contributed by atoms with van der Waals surface area (Å²) in [5.41, 5.74) is 0.690. The van der Waals surface area contributed by atoms with Crippen LogP contribution in [0, 0.1) is 0 Å². The quantitative estimate of drug-likeness (QED) is 0.617. The highest BCUT2D eigenvalue weighted by Crippen LogP contribution is 2.27. The standard InChI is InChI=1S/C11H15NO2S/c1-14-10-5-3-4-9(11(10)13)8-12-6-7-15-2/h3-5,8,13H,6-7H2,1-2H3. The van der Waals surface area contributed by atoms with Crippen molar-refractivity contribution in [2.24, 2.45) is 4.99 Å². The second-order valence-corrected chi connectivity index (χ2v) is 3.91. The Hall–Kier alpha value is -1.16. The van der Waals surface area contributed by atoms with E-state index in [0.717, 1.165) is 12.3 Å². The van der Waals surface area contributed by atoms with E-state index < -0.39 is 0 Å². The SMILES string of the molecule is COc1cccc(C=NCCSC)c1O. The monoisotopic (exact) mass is 225 g/mol. The minimum atomic E-state index is 0.146. The number of para-hydroxylation sites is 1. The Balaban J connectivity index is 2.72. The van der Waals surface area contributed by atoms with Crippen molar-refractivity contribution in [3.63, 3.8) is 0 Å². The van der Waals surface area contributed by atoms with Crippen molar-refractivity contribution in [2.45, 2.75) is 0 Å². The highest BCUT2D eigenvalue weighted by molar-refractivity contribution is 7.98. The second-order valence-electron chi connectivity index (χ2n) is 2.93. The van der Waals surface area contributed by atoms with Crippen molar-refractivity contribution in [3.05, 3.63) is 23.8 Å². The lowest BCUT2D eigenvalue weighted by Gasteiger charge is -2.04. The van der Waals surface area contributed by atoms with Gasteiger partial charge in [-0.15, -0.1) is 0 Å². The molecule has 0 radical (unpaired) electrons. The van der Waals surface area contributed by atoms with Crippen molar-refractivity contribution < 1.29 is 9.84 Å². The summed E-state index contributed by atoms with van der Waals surface area (Å²) in [7, 11) is 1.53. The molecule has 0 atom stereocenters. The minimum Gasteiger partial charge on any atom is -0.504 e. The van der Waals surface area contributed by atoms with Crippen molar-refractivity contribution in [1.29, 1.82) is 0 Å². The summed E-state index contributed by atoms with van der Waals surface area (Å²) < 4.78 is 5.00. The topological polar surface area (TPSA) is 41.8 Å². The Morgan fingerprint density at radius 1 is 1.53 bits per heavy atom. The first-order valence-corrected chi connectivity index (χ1v) is 6.03. The third-order valence-corrected chi connectivity index (χ3v) is 2.50. The summed E-state index contributed by atoms with van der Waals surface area (Å²) in [6, 6.07) is 5.35. The zero-order valence-corrected chi connectivity index (χ0v) is 9.75. The van der Waals surface area contributed by atoms with Gasteiger partial charge in [0.2, 0.25) is 0 Å². The van der Waals surface area contributed by atoms with Crippen LogP contribution in [0.25, 0.3) is 0 Å². The molecule has 15 heavy (non-hydrogen) atoms. The number of hydrogen-bond acceptors (Lipinski definition) is 4. The van der Waals surface area contributed by atoms with Crippen LogP contribution >= 0.6 is 11.8 Å². The first-order chi connectivity index (χ1) is 7.29. The Morgan fingerprint density at radius 2 is 2.33 bits per heavy atom. The molecule has 82 valence electrons. The molecule has 0 fully saturated rings. The number of hydrogen-bond donors (Lipinski definition) is 1. The number of thioether (sulfide) groups is 1. The van der Waals surface area contributed by atoms with Gasteiger partial charge in [-0.1, -0.05) is 6.07 Å². The van der Waals surface area contributed by atoms with E-state index in [-0.39, 0.29) is 5.75 Å². The van der Waals surface area contributed by atoms with E-state index in [9.17, 15) is 5.11 Å². The molecule has 0 heterocycles. The molecule has 0 aliphatic rings. The number of phenolic OH excluding ortho intramolecular Hbond substituents is 1. The summed E-state index contributed by atoms with van der Waals surface area (Å²) in [4.78, 5) is 4.21. The third-order valence-electron chi connectivity index (χ3n) is 1.91. The molecule has 0 bridgehead atoms. The van der Waals surface area contributed by atoms with Crippen LogP contribution in [0.5, 0.6) is 11.5 Å². The lowest BCUT2D eigenvalue weighted by atomic mass is 10.2. The van der Waals surface area contributed by atoms with E-state index in [2.05, 4.69) is 4.99 Å². The van der Waals surface area contributed by atoms with Gasteiger partial charge in [-0.05, 0) is 18.4 Å². The fraction of sp³-hybridized carbons (Fsp3) is 0.364. The molecule has 0 aliphatic heterocycles. The van der Waals surface area contributed by atoms with Crippen LogP contribution in [0.4, 0.5) is 0 Å². The second kappa shape index (κ2) is 6.35. The molecule has 0 amide bonds. The average molecular weight is 225 g/mol. The number of phenols is 1. The molecule has 0 aromatic heterocycles. The first-order valence-electron chi connectivity index (χ1n) is 4.64. The van der Waals surface area contributed by atoms with Gasteiger partial charge < -0.3 is 9.84 Å². The van der Waals surface area contributed by atoms with E-state index in [1.165, 1.54) is 7.11 Å². The summed E-state index contributed by atoms with van der Waals surface area (Å²) in [5.74, 6) is 1.61. The number of ether oxygens (including phenoxy) is 1. The fourth-order valence-corrected chi connectivity index (χ4v) is 1.40. The first kappa shape index (κ1) is 11.9. The van der Waals surface area contributed by atoms with Gasteiger partial charge >= 0.3 is 0 Å². The number of rotatable bonds is 5. The van der Waals surface area contributed by atoms with Gasteiger partial charge in [0.15, 0.2) is 11.5 Å². The molecule has 0 saturated carbocycles.